The zero-order valence-electron chi connectivity index (χ0n) is 11.4. The number of ether oxygens (including phenoxy) is 1. The van der Waals surface area contributed by atoms with E-state index >= 15 is 0 Å². The third-order valence-corrected chi connectivity index (χ3v) is 2.82. The second kappa shape index (κ2) is 7.40. The van der Waals surface area contributed by atoms with Crippen LogP contribution in [0.1, 0.15) is 22.8 Å². The quantitative estimate of drug-likeness (QED) is 0.682. The molecule has 1 N–H and O–H groups in total. The summed E-state index contributed by atoms with van der Waals surface area (Å²) in [5.41, 5.74) is 3.62. The van der Waals surface area contributed by atoms with Gasteiger partial charge in [-0.2, -0.15) is 5.10 Å². The highest BCUT2D eigenvalue weighted by atomic mass is 35.5. The van der Waals surface area contributed by atoms with Crippen molar-refractivity contribution in [2.24, 2.45) is 5.10 Å². The average molecular weight is 304 g/mol. The zero-order valence-corrected chi connectivity index (χ0v) is 12.2. The van der Waals surface area contributed by atoms with E-state index in [4.69, 9.17) is 16.3 Å². The smallest absolute Gasteiger partial charge is 0.271 e. The van der Waals surface area contributed by atoms with Gasteiger partial charge in [0, 0.05) is 28.5 Å². The SMILES string of the molecule is CCOc1ccc(Cl)cc1/C=N\NC(=O)c1ccncc1. The van der Waals surface area contributed by atoms with E-state index in [1.54, 1.807) is 42.7 Å². The monoisotopic (exact) mass is 303 g/mol. The highest BCUT2D eigenvalue weighted by Crippen LogP contribution is 2.21. The molecule has 0 radical (unpaired) electrons. The van der Waals surface area contributed by atoms with Crippen molar-refractivity contribution >= 4 is 23.7 Å². The number of aromatic nitrogens is 1. The number of nitrogens with one attached hydrogen (secondary N) is 1. The Labute approximate surface area is 127 Å². The fourth-order valence-corrected chi connectivity index (χ4v) is 1.82. The van der Waals surface area contributed by atoms with E-state index in [2.05, 4.69) is 15.5 Å². The van der Waals surface area contributed by atoms with Gasteiger partial charge in [-0.05, 0) is 37.3 Å². The van der Waals surface area contributed by atoms with Crippen LogP contribution in [-0.4, -0.2) is 23.7 Å². The molecule has 1 aromatic carbocycles. The normalized spacial score (nSPS) is 10.6. The van der Waals surface area contributed by atoms with Crippen LogP contribution in [-0.2, 0) is 0 Å². The fourth-order valence-electron chi connectivity index (χ4n) is 1.64. The van der Waals surface area contributed by atoms with Gasteiger partial charge in [0.1, 0.15) is 5.75 Å². The van der Waals surface area contributed by atoms with E-state index in [0.717, 1.165) is 0 Å². The first kappa shape index (κ1) is 15.0. The molecule has 5 nitrogen and oxygen atoms in total. The van der Waals surface area contributed by atoms with E-state index in [1.807, 2.05) is 6.92 Å². The Morgan fingerprint density at radius 3 is 2.86 bits per heavy atom. The maximum Gasteiger partial charge on any atom is 0.271 e. The number of carbonyl (C=O) groups is 1. The van der Waals surface area contributed by atoms with Crippen LogP contribution < -0.4 is 10.2 Å². The first-order valence-electron chi connectivity index (χ1n) is 6.36. The largest absolute Gasteiger partial charge is 0.493 e. The highest BCUT2D eigenvalue weighted by molar-refractivity contribution is 6.30. The Morgan fingerprint density at radius 2 is 2.14 bits per heavy atom. The van der Waals surface area contributed by atoms with Gasteiger partial charge in [-0.1, -0.05) is 11.6 Å². The molecule has 0 saturated heterocycles. The summed E-state index contributed by atoms with van der Waals surface area (Å²) < 4.78 is 5.46. The predicted octanol–water partition coefficient (Wildman–Crippen LogP) is 2.90. The number of amides is 1. The lowest BCUT2D eigenvalue weighted by molar-refractivity contribution is 0.0955. The molecule has 21 heavy (non-hydrogen) atoms. The number of benzene rings is 1. The van der Waals surface area contributed by atoms with Crippen molar-refractivity contribution in [3.05, 3.63) is 58.9 Å². The van der Waals surface area contributed by atoms with Gasteiger partial charge in [-0.15, -0.1) is 0 Å². The van der Waals surface area contributed by atoms with Crippen molar-refractivity contribution < 1.29 is 9.53 Å². The number of carbonyl (C=O) groups excluding carboxylic acids is 1. The molecule has 1 heterocycles. The van der Waals surface area contributed by atoms with Crippen LogP contribution in [0.2, 0.25) is 5.02 Å². The van der Waals surface area contributed by atoms with Gasteiger partial charge >= 0.3 is 0 Å². The molecule has 0 unspecified atom stereocenters. The molecule has 0 saturated carbocycles. The lowest BCUT2D eigenvalue weighted by atomic mass is 10.2. The molecule has 0 aliphatic carbocycles. The van der Waals surface area contributed by atoms with Crippen molar-refractivity contribution in [1.82, 2.24) is 10.4 Å². The molecule has 0 bridgehead atoms. The Balaban J connectivity index is 2.07. The van der Waals surface area contributed by atoms with Crippen molar-refractivity contribution in [3.63, 3.8) is 0 Å². The van der Waals surface area contributed by atoms with Gasteiger partial charge < -0.3 is 4.74 Å². The zero-order chi connectivity index (χ0) is 15.1. The summed E-state index contributed by atoms with van der Waals surface area (Å²) in [5.74, 6) is 0.345. The summed E-state index contributed by atoms with van der Waals surface area (Å²) >= 11 is 5.94. The minimum Gasteiger partial charge on any atom is -0.493 e. The van der Waals surface area contributed by atoms with Crippen molar-refractivity contribution in [2.75, 3.05) is 6.61 Å². The molecule has 1 amide bonds. The molecule has 6 heteroatoms. The van der Waals surface area contributed by atoms with E-state index in [9.17, 15) is 4.79 Å². The van der Waals surface area contributed by atoms with Crippen LogP contribution in [0, 0.1) is 0 Å². The molecular weight excluding hydrogens is 290 g/mol. The number of hydrogen-bond acceptors (Lipinski definition) is 4. The Bertz CT molecular complexity index is 645. The molecule has 0 spiro atoms. The average Bonchev–Trinajstić information content (AvgIpc) is 2.51. The van der Waals surface area contributed by atoms with Crippen LogP contribution in [0.4, 0.5) is 0 Å². The van der Waals surface area contributed by atoms with Crippen LogP contribution in [0.25, 0.3) is 0 Å². The molecular formula is C15H14ClN3O2. The molecule has 108 valence electrons. The second-order valence-electron chi connectivity index (χ2n) is 4.05. The maximum atomic E-state index is 11.8. The summed E-state index contributed by atoms with van der Waals surface area (Å²) in [6.07, 6.45) is 4.58. The van der Waals surface area contributed by atoms with Crippen molar-refractivity contribution in [2.45, 2.75) is 6.92 Å². The minimum atomic E-state index is -0.311. The molecule has 0 aliphatic rings. The molecule has 0 fully saturated rings. The van der Waals surface area contributed by atoms with E-state index in [-0.39, 0.29) is 5.91 Å². The standard InChI is InChI=1S/C15H14ClN3O2/c1-2-21-14-4-3-13(16)9-12(14)10-18-19-15(20)11-5-7-17-8-6-11/h3-10H,2H2,1H3,(H,19,20)/b18-10-. The Hall–Kier alpha value is -2.40. The lowest BCUT2D eigenvalue weighted by Crippen LogP contribution is -2.17. The molecule has 2 aromatic rings. The van der Waals surface area contributed by atoms with E-state index < -0.39 is 0 Å². The van der Waals surface area contributed by atoms with Crippen LogP contribution >= 0.6 is 11.6 Å². The summed E-state index contributed by atoms with van der Waals surface area (Å²) in [6.45, 7) is 2.42. The van der Waals surface area contributed by atoms with Crippen LogP contribution in [0.15, 0.2) is 47.8 Å². The van der Waals surface area contributed by atoms with Gasteiger partial charge in [0.05, 0.1) is 12.8 Å². The topological polar surface area (TPSA) is 63.6 Å². The summed E-state index contributed by atoms with van der Waals surface area (Å²) in [5, 5.41) is 4.49. The first-order chi connectivity index (χ1) is 10.2. The molecule has 1 aromatic heterocycles. The number of nitrogens with zero attached hydrogens (tertiary/aromatic N) is 2. The molecule has 2 rings (SSSR count). The number of pyridine rings is 1. The van der Waals surface area contributed by atoms with Gasteiger partial charge in [0.25, 0.3) is 5.91 Å². The lowest BCUT2D eigenvalue weighted by Gasteiger charge is -2.07. The van der Waals surface area contributed by atoms with Crippen LogP contribution in [0.5, 0.6) is 5.75 Å². The fraction of sp³-hybridized carbons (Fsp3) is 0.133. The Kier molecular flexibility index (Phi) is 5.29. The van der Waals surface area contributed by atoms with Gasteiger partial charge in [-0.3, -0.25) is 9.78 Å². The number of hydrazone groups is 1. The third-order valence-electron chi connectivity index (χ3n) is 2.58. The van der Waals surface area contributed by atoms with E-state index in [0.29, 0.717) is 28.5 Å². The number of hydrogen-bond donors (Lipinski definition) is 1. The predicted molar refractivity (Wildman–Crippen MR) is 81.9 cm³/mol. The van der Waals surface area contributed by atoms with Gasteiger partial charge in [-0.25, -0.2) is 5.43 Å². The van der Waals surface area contributed by atoms with E-state index in [1.165, 1.54) is 6.21 Å². The minimum absolute atomic E-state index is 0.311. The molecule has 0 aliphatic heterocycles. The Morgan fingerprint density at radius 1 is 1.38 bits per heavy atom. The van der Waals surface area contributed by atoms with Gasteiger partial charge in [0.15, 0.2) is 0 Å². The van der Waals surface area contributed by atoms with Crippen molar-refractivity contribution in [1.29, 1.82) is 0 Å². The van der Waals surface area contributed by atoms with Gasteiger partial charge in [0.2, 0.25) is 0 Å². The number of halogens is 1. The van der Waals surface area contributed by atoms with Crippen molar-refractivity contribution in [3.8, 4) is 5.75 Å². The summed E-state index contributed by atoms with van der Waals surface area (Å²) in [4.78, 5) is 15.7. The third kappa shape index (κ3) is 4.29. The highest BCUT2D eigenvalue weighted by Gasteiger charge is 2.04. The van der Waals surface area contributed by atoms with Crippen LogP contribution in [0.3, 0.4) is 0 Å². The summed E-state index contributed by atoms with van der Waals surface area (Å²) in [6, 6.07) is 8.43. The maximum absolute atomic E-state index is 11.8. The first-order valence-corrected chi connectivity index (χ1v) is 6.74. The molecule has 0 atom stereocenters. The number of rotatable bonds is 5. The second-order valence-corrected chi connectivity index (χ2v) is 4.49. The summed E-state index contributed by atoms with van der Waals surface area (Å²) in [7, 11) is 0.